The number of hydrogen-bond donors (Lipinski definition) is 2. The predicted molar refractivity (Wildman–Crippen MR) is 120 cm³/mol. The van der Waals surface area contributed by atoms with Crippen molar-refractivity contribution in [1.82, 2.24) is 10.2 Å². The van der Waals surface area contributed by atoms with E-state index in [2.05, 4.69) is 18.8 Å². The Morgan fingerprint density at radius 1 is 1.28 bits per heavy atom. The second-order valence-electron chi connectivity index (χ2n) is 7.89. The number of nitrogens with one attached hydrogen (secondary N) is 1. The molecule has 7 heteroatoms. The quantitative estimate of drug-likeness (QED) is 0.331. The fourth-order valence-electron chi connectivity index (χ4n) is 3.90. The molecular weight excluding hydrogens is 386 g/mol. The third-order valence-corrected chi connectivity index (χ3v) is 6.69. The zero-order valence-electron chi connectivity index (χ0n) is 17.8. The van der Waals surface area contributed by atoms with Crippen LogP contribution in [0.1, 0.15) is 65.2 Å². The van der Waals surface area contributed by atoms with Crippen molar-refractivity contribution in [3.8, 4) is 0 Å². The lowest BCUT2D eigenvalue weighted by molar-refractivity contribution is -0.138. The first-order chi connectivity index (χ1) is 13.9. The van der Waals surface area contributed by atoms with Crippen LogP contribution in [0.4, 0.5) is 0 Å². The van der Waals surface area contributed by atoms with E-state index < -0.39 is 5.97 Å². The van der Waals surface area contributed by atoms with Crippen molar-refractivity contribution in [2.45, 2.75) is 71.3 Å². The fraction of sp³-hybridized carbons (Fsp3) is 0.682. The number of allylic oxidation sites excluding steroid dienone is 1. The molecule has 162 valence electrons. The highest BCUT2D eigenvalue weighted by molar-refractivity contribution is 8.14. The molecule has 1 saturated heterocycles. The topological polar surface area (TPSA) is 82.0 Å². The lowest BCUT2D eigenvalue weighted by Crippen LogP contribution is -2.38. The van der Waals surface area contributed by atoms with E-state index in [-0.39, 0.29) is 24.3 Å². The van der Waals surface area contributed by atoms with Gasteiger partial charge in [-0.1, -0.05) is 38.8 Å². The Morgan fingerprint density at radius 2 is 2.00 bits per heavy atom. The van der Waals surface area contributed by atoms with Gasteiger partial charge in [-0.15, -0.1) is 11.8 Å². The van der Waals surface area contributed by atoms with Crippen LogP contribution in [0.25, 0.3) is 0 Å². The molecule has 6 nitrogen and oxygen atoms in total. The lowest BCUT2D eigenvalue weighted by atomic mass is 9.95. The van der Waals surface area contributed by atoms with E-state index >= 15 is 0 Å². The van der Waals surface area contributed by atoms with Crippen LogP contribution in [0.5, 0.6) is 0 Å². The van der Waals surface area contributed by atoms with Crippen molar-refractivity contribution in [2.75, 3.05) is 18.8 Å². The van der Waals surface area contributed by atoms with Crippen molar-refractivity contribution in [3.63, 3.8) is 0 Å². The van der Waals surface area contributed by atoms with Gasteiger partial charge in [0.25, 0.3) is 5.91 Å². The third-order valence-electron chi connectivity index (χ3n) is 5.49. The number of carboxylic acids is 1. The van der Waals surface area contributed by atoms with Crippen LogP contribution in [-0.4, -0.2) is 51.8 Å². The van der Waals surface area contributed by atoms with Gasteiger partial charge < -0.3 is 15.3 Å². The maximum Gasteiger partial charge on any atom is 0.303 e. The number of hydrogen-bond acceptors (Lipinski definition) is 5. The standard InChI is InChI=1S/C22H35N3O3S/c1-4-13-29-22(19(5-2)21(28)24-18-9-7-6-8-10-18)23-16(3)25-12-11-17(15-25)14-20(26)27/h5,17-18H,3-4,6-15H2,1-2H3,(H,24,28)(H,26,27)/b19-5-,23-22+/t17-/m1/s1. The van der Waals surface area contributed by atoms with Crippen LogP contribution in [0.2, 0.25) is 0 Å². The summed E-state index contributed by atoms with van der Waals surface area (Å²) in [6.45, 7) is 9.50. The molecule has 29 heavy (non-hydrogen) atoms. The van der Waals surface area contributed by atoms with Crippen LogP contribution in [0.15, 0.2) is 29.0 Å². The minimum absolute atomic E-state index is 0.0558. The van der Waals surface area contributed by atoms with Crippen LogP contribution >= 0.6 is 11.8 Å². The number of carbonyl (C=O) groups excluding carboxylic acids is 1. The van der Waals surface area contributed by atoms with E-state index in [9.17, 15) is 9.59 Å². The molecule has 1 aliphatic carbocycles. The molecule has 1 saturated carbocycles. The van der Waals surface area contributed by atoms with Crippen molar-refractivity contribution in [2.24, 2.45) is 10.9 Å². The van der Waals surface area contributed by atoms with Crippen LogP contribution in [0, 0.1) is 5.92 Å². The molecule has 0 radical (unpaired) electrons. The Hall–Kier alpha value is -1.76. The fourth-order valence-corrected chi connectivity index (χ4v) is 4.83. The highest BCUT2D eigenvalue weighted by Gasteiger charge is 2.26. The first-order valence-corrected chi connectivity index (χ1v) is 11.8. The number of carboxylic acid groups (broad SMARTS) is 1. The van der Waals surface area contributed by atoms with Crippen molar-refractivity contribution in [3.05, 3.63) is 24.0 Å². The highest BCUT2D eigenvalue weighted by atomic mass is 32.2. The van der Waals surface area contributed by atoms with Crippen LogP contribution in [-0.2, 0) is 9.59 Å². The first-order valence-electron chi connectivity index (χ1n) is 10.8. The van der Waals surface area contributed by atoms with E-state index in [1.54, 1.807) is 11.8 Å². The Balaban J connectivity index is 2.07. The molecule has 1 atom stereocenters. The molecular formula is C22H35N3O3S. The number of carbonyl (C=O) groups is 2. The molecule has 0 spiro atoms. The summed E-state index contributed by atoms with van der Waals surface area (Å²) in [5, 5.41) is 12.9. The summed E-state index contributed by atoms with van der Waals surface area (Å²) in [6, 6.07) is 0.252. The number of likely N-dealkylation sites (tertiary alicyclic amines) is 1. The Morgan fingerprint density at radius 3 is 2.62 bits per heavy atom. The molecule has 0 bridgehead atoms. The predicted octanol–water partition coefficient (Wildman–Crippen LogP) is 4.19. The number of aliphatic imine (C=N–C) groups is 1. The summed E-state index contributed by atoms with van der Waals surface area (Å²) in [7, 11) is 0. The van der Waals surface area contributed by atoms with Gasteiger partial charge in [-0.25, -0.2) is 4.99 Å². The summed E-state index contributed by atoms with van der Waals surface area (Å²) >= 11 is 1.58. The Bertz CT molecular complexity index is 654. The monoisotopic (exact) mass is 421 g/mol. The SMILES string of the molecule is C=C(/N=C(SCCC)\C(=C/C)C(=O)NC1CCCCC1)N1CC[C@H](CC(=O)O)C1. The summed E-state index contributed by atoms with van der Waals surface area (Å²) in [5.74, 6) is 0.797. The second kappa shape index (κ2) is 12.1. The average Bonchev–Trinajstić information content (AvgIpc) is 3.15. The molecule has 2 N–H and O–H groups in total. The second-order valence-corrected chi connectivity index (χ2v) is 8.97. The normalized spacial score (nSPS) is 21.3. The van der Waals surface area contributed by atoms with Gasteiger partial charge in [-0.2, -0.15) is 0 Å². The van der Waals surface area contributed by atoms with Crippen molar-refractivity contribution in [1.29, 1.82) is 0 Å². The van der Waals surface area contributed by atoms with Crippen molar-refractivity contribution >= 4 is 28.7 Å². The lowest BCUT2D eigenvalue weighted by Gasteiger charge is -2.24. The average molecular weight is 422 g/mol. The van der Waals surface area contributed by atoms with E-state index in [4.69, 9.17) is 10.1 Å². The van der Waals surface area contributed by atoms with Gasteiger partial charge >= 0.3 is 5.97 Å². The summed E-state index contributed by atoms with van der Waals surface area (Å²) < 4.78 is 0. The third kappa shape index (κ3) is 7.53. The first kappa shape index (κ1) is 23.5. The van der Waals surface area contributed by atoms with Gasteiger partial charge in [-0.3, -0.25) is 9.59 Å². The molecule has 0 unspecified atom stereocenters. The zero-order chi connectivity index (χ0) is 21.2. The van der Waals surface area contributed by atoms with Crippen LogP contribution < -0.4 is 5.32 Å². The maximum absolute atomic E-state index is 12.9. The molecule has 1 aliphatic heterocycles. The van der Waals surface area contributed by atoms with Gasteiger partial charge in [0.15, 0.2) is 0 Å². The minimum Gasteiger partial charge on any atom is -0.481 e. The summed E-state index contributed by atoms with van der Waals surface area (Å²) in [5.41, 5.74) is 0.608. The molecule has 1 heterocycles. The van der Waals surface area contributed by atoms with Gasteiger partial charge in [0, 0.05) is 25.6 Å². The number of amides is 1. The van der Waals surface area contributed by atoms with Crippen molar-refractivity contribution < 1.29 is 14.7 Å². The number of rotatable bonds is 9. The minimum atomic E-state index is -0.763. The number of aliphatic carboxylic acids is 1. The highest BCUT2D eigenvalue weighted by Crippen LogP contribution is 2.25. The molecule has 2 rings (SSSR count). The molecule has 2 aliphatic rings. The molecule has 0 aromatic carbocycles. The van der Waals surface area contributed by atoms with Gasteiger partial charge in [0.2, 0.25) is 0 Å². The number of nitrogens with zero attached hydrogens (tertiary/aromatic N) is 2. The van der Waals surface area contributed by atoms with Gasteiger partial charge in [-0.05, 0) is 44.3 Å². The largest absolute Gasteiger partial charge is 0.481 e. The summed E-state index contributed by atoms with van der Waals surface area (Å²) in [6.07, 6.45) is 9.51. The molecule has 0 aromatic heterocycles. The van der Waals surface area contributed by atoms with Gasteiger partial charge in [0.05, 0.1) is 5.57 Å². The zero-order valence-corrected chi connectivity index (χ0v) is 18.6. The van der Waals surface area contributed by atoms with E-state index in [1.165, 1.54) is 19.3 Å². The van der Waals surface area contributed by atoms with E-state index in [1.807, 2.05) is 17.9 Å². The summed E-state index contributed by atoms with van der Waals surface area (Å²) in [4.78, 5) is 30.7. The maximum atomic E-state index is 12.9. The van der Waals surface area contributed by atoms with E-state index in [0.717, 1.165) is 38.0 Å². The Labute approximate surface area is 178 Å². The molecule has 0 aromatic rings. The Kier molecular flexibility index (Phi) is 9.78. The number of thioether (sulfide) groups is 1. The van der Waals surface area contributed by atoms with E-state index in [0.29, 0.717) is 23.0 Å². The van der Waals surface area contributed by atoms with Crippen LogP contribution in [0.3, 0.4) is 0 Å². The smallest absolute Gasteiger partial charge is 0.303 e. The molecule has 2 fully saturated rings. The van der Waals surface area contributed by atoms with Gasteiger partial charge in [0.1, 0.15) is 10.9 Å². The molecule has 1 amide bonds.